The van der Waals surface area contributed by atoms with Gasteiger partial charge < -0.3 is 20.1 Å². The van der Waals surface area contributed by atoms with Gasteiger partial charge in [0.2, 0.25) is 30.4 Å². The van der Waals surface area contributed by atoms with Gasteiger partial charge in [0.05, 0.1) is 24.4 Å². The summed E-state index contributed by atoms with van der Waals surface area (Å²) in [6.07, 6.45) is 5.74. The molecule has 220 valence electrons. The molecule has 1 saturated carbocycles. The molecule has 0 spiro atoms. The van der Waals surface area contributed by atoms with E-state index in [1.807, 2.05) is 0 Å². The Hall–Kier alpha value is -4.54. The molecule has 10 nitrogen and oxygen atoms in total. The number of benzene rings is 2. The van der Waals surface area contributed by atoms with Crippen molar-refractivity contribution in [3.8, 4) is 11.5 Å². The molecule has 2 fully saturated rings. The fourth-order valence-corrected chi connectivity index (χ4v) is 5.77. The van der Waals surface area contributed by atoms with Gasteiger partial charge in [0, 0.05) is 6.08 Å². The fourth-order valence-electron chi connectivity index (χ4n) is 5.77. The highest BCUT2D eigenvalue weighted by molar-refractivity contribution is 6.16. The molecule has 1 aliphatic carbocycles. The van der Waals surface area contributed by atoms with Crippen molar-refractivity contribution in [1.29, 1.82) is 0 Å². The predicted molar refractivity (Wildman–Crippen MR) is 148 cm³/mol. The summed E-state index contributed by atoms with van der Waals surface area (Å²) >= 11 is 0. The Morgan fingerprint density at radius 2 is 1.79 bits per heavy atom. The first-order valence-corrected chi connectivity index (χ1v) is 14.0. The Morgan fingerprint density at radius 1 is 1.02 bits per heavy atom. The maximum absolute atomic E-state index is 14.1. The van der Waals surface area contributed by atoms with Gasteiger partial charge in [-0.2, -0.15) is 0 Å². The van der Waals surface area contributed by atoms with Crippen LogP contribution in [0.15, 0.2) is 48.5 Å². The predicted octanol–water partition coefficient (Wildman–Crippen LogP) is 2.97. The second kappa shape index (κ2) is 12.5. The third kappa shape index (κ3) is 6.50. The van der Waals surface area contributed by atoms with Gasteiger partial charge in [-0.25, -0.2) is 4.39 Å². The molecule has 4 atom stereocenters. The molecule has 42 heavy (non-hydrogen) atoms. The number of Topliss-reactive ketones (excluding diaryl/α,β-unsaturated/α-hetero) is 1. The summed E-state index contributed by atoms with van der Waals surface area (Å²) in [5, 5.41) is 7.75. The highest BCUT2D eigenvalue weighted by Crippen LogP contribution is 2.33. The maximum Gasteiger partial charge on any atom is 0.244 e. The molecule has 0 radical (unpaired) electrons. The summed E-state index contributed by atoms with van der Waals surface area (Å²) < 4.78 is 24.8. The van der Waals surface area contributed by atoms with E-state index in [4.69, 9.17) is 9.47 Å². The zero-order chi connectivity index (χ0) is 29.8. The standard InChI is InChI=1S/C31H32FN3O7/c1-17-27(31(40)35-30(17)39)29(38)28(19-5-2-3-6-19)34-26(37)15-22(20-7-4-8-21(32)14-20)33-25(36)12-10-18-9-11-23-24(13-18)42-16-41-23/h4,7-14,17,19,22,27-28H,2-3,5-6,15-16H2,1H3,(H,33,36)(H,34,37)(H,35,39,40)/b12-10+/t17-,22?,27+,28?/m0/s1. The summed E-state index contributed by atoms with van der Waals surface area (Å²) in [7, 11) is 0. The minimum atomic E-state index is -1.18. The molecule has 5 rings (SSSR count). The molecule has 0 bridgehead atoms. The Morgan fingerprint density at radius 3 is 2.50 bits per heavy atom. The van der Waals surface area contributed by atoms with Crippen molar-refractivity contribution in [3.63, 3.8) is 0 Å². The Kier molecular flexibility index (Phi) is 8.65. The number of carbonyl (C=O) groups excluding carboxylic acids is 5. The highest BCUT2D eigenvalue weighted by atomic mass is 19.1. The van der Waals surface area contributed by atoms with Crippen LogP contribution in [-0.2, 0) is 24.0 Å². The Balaban J connectivity index is 1.31. The lowest BCUT2D eigenvalue weighted by Crippen LogP contribution is -2.50. The first kappa shape index (κ1) is 29.0. The lowest BCUT2D eigenvalue weighted by atomic mass is 9.83. The summed E-state index contributed by atoms with van der Waals surface area (Å²) in [5.74, 6) is -4.29. The summed E-state index contributed by atoms with van der Waals surface area (Å²) in [5.41, 5.74) is 1.06. The molecule has 3 aliphatic rings. The molecular weight excluding hydrogens is 545 g/mol. The van der Waals surface area contributed by atoms with E-state index >= 15 is 0 Å². The summed E-state index contributed by atoms with van der Waals surface area (Å²) in [6.45, 7) is 1.64. The second-order valence-electron chi connectivity index (χ2n) is 10.9. The van der Waals surface area contributed by atoms with Gasteiger partial charge in [-0.1, -0.05) is 38.0 Å². The van der Waals surface area contributed by atoms with Gasteiger partial charge in [-0.15, -0.1) is 0 Å². The van der Waals surface area contributed by atoms with Crippen LogP contribution in [0.5, 0.6) is 11.5 Å². The van der Waals surface area contributed by atoms with Crippen LogP contribution >= 0.6 is 0 Å². The average molecular weight is 578 g/mol. The monoisotopic (exact) mass is 577 g/mol. The molecule has 1 saturated heterocycles. The van der Waals surface area contributed by atoms with E-state index in [-0.39, 0.29) is 19.1 Å². The molecule has 4 amide bonds. The number of carbonyl (C=O) groups is 5. The molecule has 2 unspecified atom stereocenters. The van der Waals surface area contributed by atoms with E-state index in [9.17, 15) is 28.4 Å². The highest BCUT2D eigenvalue weighted by Gasteiger charge is 2.47. The number of rotatable bonds is 10. The fraction of sp³-hybridized carbons (Fsp3) is 0.387. The normalized spacial score (nSPS) is 21.3. The first-order valence-electron chi connectivity index (χ1n) is 14.0. The zero-order valence-electron chi connectivity index (χ0n) is 23.1. The van der Waals surface area contributed by atoms with Crippen LogP contribution in [-0.4, -0.2) is 42.2 Å². The van der Waals surface area contributed by atoms with E-state index in [1.165, 1.54) is 31.2 Å². The summed E-state index contributed by atoms with van der Waals surface area (Å²) in [4.78, 5) is 64.3. The van der Waals surface area contributed by atoms with E-state index in [0.29, 0.717) is 35.5 Å². The SMILES string of the molecule is C[C@@H]1C(=O)NC(=O)[C@H]1C(=O)C(NC(=O)CC(NC(=O)/C=C/c1ccc2c(c1)OCO2)c1cccc(F)c1)C1CCCC1. The van der Waals surface area contributed by atoms with Crippen molar-refractivity contribution in [3.05, 3.63) is 65.5 Å². The van der Waals surface area contributed by atoms with E-state index < -0.39 is 59.1 Å². The van der Waals surface area contributed by atoms with E-state index in [2.05, 4.69) is 16.0 Å². The molecule has 3 N–H and O–H groups in total. The molecule has 0 aromatic heterocycles. The zero-order valence-corrected chi connectivity index (χ0v) is 23.1. The third-order valence-corrected chi connectivity index (χ3v) is 8.02. The topological polar surface area (TPSA) is 140 Å². The van der Waals surface area contributed by atoms with E-state index in [0.717, 1.165) is 12.8 Å². The number of halogens is 1. The van der Waals surface area contributed by atoms with Gasteiger partial charge >= 0.3 is 0 Å². The van der Waals surface area contributed by atoms with Crippen LogP contribution in [0.25, 0.3) is 6.08 Å². The number of nitrogens with one attached hydrogen (secondary N) is 3. The maximum atomic E-state index is 14.1. The van der Waals surface area contributed by atoms with Crippen molar-refractivity contribution >= 4 is 35.5 Å². The van der Waals surface area contributed by atoms with Crippen molar-refractivity contribution < 1.29 is 37.8 Å². The smallest absolute Gasteiger partial charge is 0.244 e. The van der Waals surface area contributed by atoms with Crippen LogP contribution in [0.2, 0.25) is 0 Å². The number of amides is 4. The van der Waals surface area contributed by atoms with Crippen molar-refractivity contribution in [2.24, 2.45) is 17.8 Å². The van der Waals surface area contributed by atoms with Crippen LogP contribution in [0, 0.1) is 23.6 Å². The van der Waals surface area contributed by atoms with Crippen LogP contribution < -0.4 is 25.4 Å². The van der Waals surface area contributed by atoms with Gasteiger partial charge in [0.15, 0.2) is 17.3 Å². The number of hydrogen-bond donors (Lipinski definition) is 3. The number of ketones is 1. The quantitative estimate of drug-likeness (QED) is 0.224. The number of hydrogen-bond acceptors (Lipinski definition) is 7. The molecule has 2 aromatic rings. The Labute approximate surface area is 242 Å². The van der Waals surface area contributed by atoms with Crippen LogP contribution in [0.1, 0.15) is 56.2 Å². The first-order chi connectivity index (χ1) is 20.2. The average Bonchev–Trinajstić information content (AvgIpc) is 3.71. The van der Waals surface area contributed by atoms with Crippen LogP contribution in [0.3, 0.4) is 0 Å². The van der Waals surface area contributed by atoms with Gasteiger partial charge in [-0.3, -0.25) is 29.3 Å². The third-order valence-electron chi connectivity index (χ3n) is 8.02. The lowest BCUT2D eigenvalue weighted by Gasteiger charge is -2.27. The second-order valence-corrected chi connectivity index (χ2v) is 10.9. The van der Waals surface area contributed by atoms with Crippen LogP contribution in [0.4, 0.5) is 4.39 Å². The Bertz CT molecular complexity index is 1440. The van der Waals surface area contributed by atoms with Crippen molar-refractivity contribution in [1.82, 2.24) is 16.0 Å². The number of imide groups is 1. The molecule has 11 heteroatoms. The van der Waals surface area contributed by atoms with Crippen molar-refractivity contribution in [2.75, 3.05) is 6.79 Å². The number of ether oxygens (including phenoxy) is 2. The largest absolute Gasteiger partial charge is 0.454 e. The van der Waals surface area contributed by atoms with E-state index in [1.54, 1.807) is 30.3 Å². The van der Waals surface area contributed by atoms with Gasteiger partial charge in [-0.05, 0) is 60.2 Å². The minimum absolute atomic E-state index is 0.124. The van der Waals surface area contributed by atoms with Gasteiger partial charge in [0.1, 0.15) is 11.7 Å². The molecule has 2 aromatic carbocycles. The minimum Gasteiger partial charge on any atom is -0.454 e. The molecular formula is C31H32FN3O7. The summed E-state index contributed by atoms with van der Waals surface area (Å²) in [6, 6.07) is 8.90. The lowest BCUT2D eigenvalue weighted by molar-refractivity contribution is -0.137. The molecule has 2 aliphatic heterocycles. The van der Waals surface area contributed by atoms with Crippen molar-refractivity contribution in [2.45, 2.75) is 51.1 Å². The van der Waals surface area contributed by atoms with Gasteiger partial charge in [0.25, 0.3) is 0 Å². The number of fused-ring (bicyclic) bond motifs is 1. The molecule has 2 heterocycles.